The number of nitrogens with zero attached hydrogens (tertiary/aromatic N) is 3. The summed E-state index contributed by atoms with van der Waals surface area (Å²) in [5.74, 6) is 1.15. The van der Waals surface area contributed by atoms with Crippen molar-refractivity contribution < 1.29 is 19.3 Å². The van der Waals surface area contributed by atoms with E-state index in [1.54, 1.807) is 0 Å². The van der Waals surface area contributed by atoms with Crippen molar-refractivity contribution in [3.05, 3.63) is 92.5 Å². The highest BCUT2D eigenvalue weighted by Crippen LogP contribution is 2.30. The molecule has 0 aliphatic carbocycles. The van der Waals surface area contributed by atoms with Crippen LogP contribution in [-0.4, -0.2) is 23.1 Å². The quantitative estimate of drug-likeness (QED) is 0.0891. The number of nitro groups is 2. The summed E-state index contributed by atoms with van der Waals surface area (Å²) >= 11 is 0. The molecule has 210 valence electrons. The average Bonchev–Trinajstić information content (AvgIpc) is 2.97. The second kappa shape index (κ2) is 16.5. The van der Waals surface area contributed by atoms with Gasteiger partial charge in [0.05, 0.1) is 40.8 Å². The molecular formula is C31H35N3O6. The van der Waals surface area contributed by atoms with Crippen LogP contribution in [0.15, 0.2) is 66.7 Å². The lowest BCUT2D eigenvalue weighted by Crippen LogP contribution is -2.00. The number of rotatable bonds is 18. The predicted molar refractivity (Wildman–Crippen MR) is 154 cm³/mol. The molecule has 0 unspecified atom stereocenters. The van der Waals surface area contributed by atoms with Crippen molar-refractivity contribution >= 4 is 11.4 Å². The van der Waals surface area contributed by atoms with E-state index in [0.717, 1.165) is 61.1 Å². The van der Waals surface area contributed by atoms with Gasteiger partial charge < -0.3 is 9.47 Å². The van der Waals surface area contributed by atoms with Gasteiger partial charge in [0.2, 0.25) is 0 Å². The minimum absolute atomic E-state index is 0.278. The Kier molecular flexibility index (Phi) is 12.4. The third-order valence-corrected chi connectivity index (χ3v) is 6.62. The Morgan fingerprint density at radius 2 is 1.00 bits per heavy atom. The van der Waals surface area contributed by atoms with Crippen molar-refractivity contribution in [2.45, 2.75) is 64.2 Å². The molecular weight excluding hydrogens is 510 g/mol. The maximum Gasteiger partial charge on any atom is 0.349 e. The lowest BCUT2D eigenvalue weighted by molar-refractivity contribution is -0.422. The summed E-state index contributed by atoms with van der Waals surface area (Å²) in [5.41, 5.74) is 1.75. The number of hydrogen-bond donors (Lipinski definition) is 0. The van der Waals surface area contributed by atoms with Crippen molar-refractivity contribution in [1.29, 1.82) is 5.26 Å². The van der Waals surface area contributed by atoms with Crippen LogP contribution < -0.4 is 9.47 Å². The molecule has 0 saturated carbocycles. The molecule has 3 rings (SSSR count). The van der Waals surface area contributed by atoms with Crippen molar-refractivity contribution in [2.24, 2.45) is 0 Å². The minimum Gasteiger partial charge on any atom is -0.494 e. The zero-order valence-electron chi connectivity index (χ0n) is 22.6. The molecule has 0 atom stereocenters. The maximum absolute atomic E-state index is 11.0. The molecule has 0 aromatic heterocycles. The highest BCUT2D eigenvalue weighted by Gasteiger charge is 2.24. The highest BCUT2D eigenvalue weighted by atomic mass is 16.6. The number of ether oxygens (including phenoxy) is 2. The largest absolute Gasteiger partial charge is 0.494 e. The van der Waals surface area contributed by atoms with Crippen LogP contribution in [0.3, 0.4) is 0 Å². The molecule has 0 N–H and O–H groups in total. The zero-order chi connectivity index (χ0) is 28.6. The first kappa shape index (κ1) is 30.1. The minimum atomic E-state index is -0.765. The van der Waals surface area contributed by atoms with Gasteiger partial charge in [0.25, 0.3) is 0 Å². The zero-order valence-corrected chi connectivity index (χ0v) is 22.6. The first-order valence-electron chi connectivity index (χ1n) is 13.8. The van der Waals surface area contributed by atoms with Gasteiger partial charge in [-0.05, 0) is 54.3 Å². The van der Waals surface area contributed by atoms with Crippen LogP contribution in [0.4, 0.5) is 11.4 Å². The summed E-state index contributed by atoms with van der Waals surface area (Å²) in [4.78, 5) is 20.4. The summed E-state index contributed by atoms with van der Waals surface area (Å²) < 4.78 is 11.4. The van der Waals surface area contributed by atoms with Crippen molar-refractivity contribution in [1.82, 2.24) is 0 Å². The Morgan fingerprint density at radius 3 is 1.48 bits per heavy atom. The summed E-state index contributed by atoms with van der Waals surface area (Å²) in [6.45, 7) is 1.14. The Hall–Kier alpha value is -4.45. The maximum atomic E-state index is 11.0. The van der Waals surface area contributed by atoms with Gasteiger partial charge in [-0.3, -0.25) is 20.2 Å². The van der Waals surface area contributed by atoms with Crippen LogP contribution >= 0.6 is 0 Å². The van der Waals surface area contributed by atoms with Gasteiger partial charge >= 0.3 is 11.4 Å². The Labute approximate surface area is 234 Å². The van der Waals surface area contributed by atoms with E-state index in [1.807, 2.05) is 48.5 Å². The SMILES string of the molecule is N#Cc1ccc(-c2ccc(OCCCCCCCCCCCCOc3ccc([N+](=O)[O-])c([N+](=O)[O-])c3)cc2)cc1. The Morgan fingerprint density at radius 1 is 0.575 bits per heavy atom. The fourth-order valence-electron chi connectivity index (χ4n) is 4.37. The molecule has 0 bridgehead atoms. The molecule has 3 aromatic rings. The van der Waals surface area contributed by atoms with Gasteiger partial charge in [-0.15, -0.1) is 0 Å². The molecule has 0 saturated heterocycles. The van der Waals surface area contributed by atoms with Crippen LogP contribution in [-0.2, 0) is 0 Å². The monoisotopic (exact) mass is 545 g/mol. The van der Waals surface area contributed by atoms with Gasteiger partial charge in [-0.25, -0.2) is 0 Å². The van der Waals surface area contributed by atoms with E-state index in [-0.39, 0.29) is 5.75 Å². The van der Waals surface area contributed by atoms with Gasteiger partial charge in [0.15, 0.2) is 0 Å². The molecule has 0 radical (unpaired) electrons. The van der Waals surface area contributed by atoms with E-state index in [2.05, 4.69) is 6.07 Å². The lowest BCUT2D eigenvalue weighted by atomic mass is 10.0. The third kappa shape index (κ3) is 10.0. The lowest BCUT2D eigenvalue weighted by Gasteiger charge is -2.08. The summed E-state index contributed by atoms with van der Waals surface area (Å²) in [5, 5.41) is 30.8. The van der Waals surface area contributed by atoms with E-state index in [1.165, 1.54) is 38.2 Å². The molecule has 0 heterocycles. The van der Waals surface area contributed by atoms with E-state index in [0.29, 0.717) is 18.8 Å². The fraction of sp³-hybridized carbons (Fsp3) is 0.387. The number of hydrogen-bond acceptors (Lipinski definition) is 7. The molecule has 3 aromatic carbocycles. The van der Waals surface area contributed by atoms with Gasteiger partial charge in [0, 0.05) is 6.07 Å². The second-order valence-corrected chi connectivity index (χ2v) is 9.61. The first-order valence-corrected chi connectivity index (χ1v) is 13.8. The summed E-state index contributed by atoms with van der Waals surface area (Å²) in [6.07, 6.45) is 11.2. The molecule has 0 aliphatic heterocycles. The molecule has 0 amide bonds. The Balaban J connectivity index is 1.15. The normalized spacial score (nSPS) is 10.6. The first-order chi connectivity index (χ1) is 19.5. The average molecular weight is 546 g/mol. The number of nitro benzene ring substituents is 2. The van der Waals surface area contributed by atoms with E-state index in [4.69, 9.17) is 14.7 Å². The smallest absolute Gasteiger partial charge is 0.349 e. The molecule has 9 heteroatoms. The van der Waals surface area contributed by atoms with Gasteiger partial charge in [0.1, 0.15) is 11.5 Å². The highest BCUT2D eigenvalue weighted by molar-refractivity contribution is 5.65. The van der Waals surface area contributed by atoms with E-state index >= 15 is 0 Å². The summed E-state index contributed by atoms with van der Waals surface area (Å²) in [6, 6.07) is 21.4. The summed E-state index contributed by atoms with van der Waals surface area (Å²) in [7, 11) is 0. The topological polar surface area (TPSA) is 129 Å². The number of unbranched alkanes of at least 4 members (excludes halogenated alkanes) is 9. The van der Waals surface area contributed by atoms with Crippen LogP contribution in [0.5, 0.6) is 11.5 Å². The van der Waals surface area contributed by atoms with Crippen LogP contribution in [0.25, 0.3) is 11.1 Å². The second-order valence-electron chi connectivity index (χ2n) is 9.61. The molecule has 9 nitrogen and oxygen atoms in total. The van der Waals surface area contributed by atoms with Crippen molar-refractivity contribution in [3.8, 4) is 28.7 Å². The van der Waals surface area contributed by atoms with E-state index in [9.17, 15) is 20.2 Å². The fourth-order valence-corrected chi connectivity index (χ4v) is 4.37. The van der Waals surface area contributed by atoms with Gasteiger partial charge in [-0.2, -0.15) is 5.26 Å². The predicted octanol–water partition coefficient (Wildman–Crippen LogP) is 8.40. The van der Waals surface area contributed by atoms with E-state index < -0.39 is 21.2 Å². The molecule has 40 heavy (non-hydrogen) atoms. The molecule has 0 spiro atoms. The number of benzene rings is 3. The molecule has 0 aliphatic rings. The molecule has 0 fully saturated rings. The number of nitriles is 1. The van der Waals surface area contributed by atoms with Crippen molar-refractivity contribution in [2.75, 3.05) is 13.2 Å². The van der Waals surface area contributed by atoms with Crippen molar-refractivity contribution in [3.63, 3.8) is 0 Å². The standard InChI is InChI=1S/C31H35N3O6/c32-24-25-11-13-26(14-12-25)27-15-17-28(18-16-27)39-21-9-7-5-3-1-2-4-6-8-10-22-40-29-19-20-30(33(35)36)31(23-29)34(37)38/h11-20,23H,1-10,21-22H2. The van der Waals surface area contributed by atoms with Crippen LogP contribution in [0, 0.1) is 31.6 Å². The third-order valence-electron chi connectivity index (χ3n) is 6.62. The van der Waals surface area contributed by atoms with Gasteiger partial charge in [-0.1, -0.05) is 75.6 Å². The van der Waals surface area contributed by atoms with Crippen LogP contribution in [0.2, 0.25) is 0 Å². The Bertz CT molecular complexity index is 1270. The van der Waals surface area contributed by atoms with Crippen LogP contribution in [0.1, 0.15) is 69.8 Å².